The van der Waals surface area contributed by atoms with Crippen molar-refractivity contribution in [3.8, 4) is 0 Å². The summed E-state index contributed by atoms with van der Waals surface area (Å²) in [5, 5.41) is 3.04. The van der Waals surface area contributed by atoms with Gasteiger partial charge in [-0.3, -0.25) is 9.52 Å². The summed E-state index contributed by atoms with van der Waals surface area (Å²) < 4.78 is 28.5. The molecular weight excluding hydrogens is 420 g/mol. The van der Waals surface area contributed by atoms with Gasteiger partial charge in [-0.25, -0.2) is 8.42 Å². The van der Waals surface area contributed by atoms with E-state index >= 15 is 0 Å². The van der Waals surface area contributed by atoms with E-state index in [0.29, 0.717) is 17.8 Å². The van der Waals surface area contributed by atoms with Crippen molar-refractivity contribution in [2.24, 2.45) is 0 Å². The number of hydrogen-bond acceptors (Lipinski definition) is 3. The van der Waals surface area contributed by atoms with Crippen molar-refractivity contribution in [3.05, 3.63) is 94.5 Å². The molecule has 166 valence electrons. The van der Waals surface area contributed by atoms with E-state index in [9.17, 15) is 13.2 Å². The third-order valence-electron chi connectivity index (χ3n) is 6.25. The Labute approximate surface area is 189 Å². The third kappa shape index (κ3) is 4.41. The minimum absolute atomic E-state index is 0.0143. The lowest BCUT2D eigenvalue weighted by Crippen LogP contribution is -2.34. The van der Waals surface area contributed by atoms with Crippen molar-refractivity contribution >= 4 is 21.6 Å². The zero-order chi connectivity index (χ0) is 22.9. The van der Waals surface area contributed by atoms with Crippen LogP contribution in [-0.2, 0) is 26.8 Å². The first-order valence-electron chi connectivity index (χ1n) is 10.7. The maximum Gasteiger partial charge on any atom is 0.262 e. The molecule has 0 heterocycles. The molecule has 1 fully saturated rings. The van der Waals surface area contributed by atoms with Crippen LogP contribution >= 0.6 is 0 Å². The van der Waals surface area contributed by atoms with Gasteiger partial charge in [-0.2, -0.15) is 0 Å². The number of hydrogen-bond donors (Lipinski definition) is 2. The van der Waals surface area contributed by atoms with Crippen molar-refractivity contribution in [1.82, 2.24) is 5.32 Å². The number of carbonyl (C=O) groups excluding carboxylic acids is 1. The van der Waals surface area contributed by atoms with Crippen LogP contribution in [0, 0.1) is 20.8 Å². The predicted molar refractivity (Wildman–Crippen MR) is 127 cm³/mol. The number of aryl methyl sites for hydroxylation is 3. The lowest BCUT2D eigenvalue weighted by molar-refractivity contribution is -0.123. The van der Waals surface area contributed by atoms with E-state index in [4.69, 9.17) is 0 Å². The lowest BCUT2D eigenvalue weighted by atomic mass is 9.94. The van der Waals surface area contributed by atoms with E-state index in [1.165, 1.54) is 0 Å². The standard InChI is InChI=1S/C26H28N2O3S/c1-18-15-20(3)24(16-19(18)2)32(30,31)28-23-11-9-22(10-12-23)26(13-14-26)25(29)27-17-21-7-5-4-6-8-21/h4-12,15-16,28H,13-14,17H2,1-3H3,(H,27,29). The molecule has 0 spiro atoms. The van der Waals surface area contributed by atoms with Crippen LogP contribution < -0.4 is 10.0 Å². The second-order valence-electron chi connectivity index (χ2n) is 8.64. The normalized spacial score (nSPS) is 14.6. The van der Waals surface area contributed by atoms with Crippen LogP contribution in [0.3, 0.4) is 0 Å². The molecule has 0 aromatic heterocycles. The summed E-state index contributed by atoms with van der Waals surface area (Å²) in [6.45, 7) is 6.17. The number of rotatable bonds is 7. The number of sulfonamides is 1. The van der Waals surface area contributed by atoms with Crippen LogP contribution in [0.1, 0.15) is 40.7 Å². The highest BCUT2D eigenvalue weighted by Crippen LogP contribution is 2.48. The van der Waals surface area contributed by atoms with Gasteiger partial charge in [-0.05, 0) is 79.6 Å². The van der Waals surface area contributed by atoms with E-state index in [1.54, 1.807) is 25.1 Å². The molecule has 0 saturated heterocycles. The second kappa shape index (κ2) is 8.43. The summed E-state index contributed by atoms with van der Waals surface area (Å²) in [5.74, 6) is 0.0143. The average molecular weight is 449 g/mol. The minimum Gasteiger partial charge on any atom is -0.351 e. The van der Waals surface area contributed by atoms with Gasteiger partial charge in [0.25, 0.3) is 10.0 Å². The predicted octanol–water partition coefficient (Wildman–Crippen LogP) is 4.76. The number of anilines is 1. The smallest absolute Gasteiger partial charge is 0.262 e. The molecule has 32 heavy (non-hydrogen) atoms. The first-order chi connectivity index (χ1) is 15.2. The quantitative estimate of drug-likeness (QED) is 0.547. The number of nitrogens with one attached hydrogen (secondary N) is 2. The Morgan fingerprint density at radius 2 is 1.50 bits per heavy atom. The highest BCUT2D eigenvalue weighted by Gasteiger charge is 2.51. The molecule has 3 aromatic carbocycles. The Hall–Kier alpha value is -3.12. The van der Waals surface area contributed by atoms with Gasteiger partial charge in [0, 0.05) is 12.2 Å². The minimum atomic E-state index is -3.70. The van der Waals surface area contributed by atoms with Crippen LogP contribution in [0.25, 0.3) is 0 Å². The fourth-order valence-electron chi connectivity index (χ4n) is 4.01. The van der Waals surface area contributed by atoms with Gasteiger partial charge in [0.1, 0.15) is 0 Å². The van der Waals surface area contributed by atoms with E-state index in [0.717, 1.165) is 35.1 Å². The molecule has 1 saturated carbocycles. The molecule has 0 atom stereocenters. The SMILES string of the molecule is Cc1cc(C)c(S(=O)(=O)Nc2ccc(C3(C(=O)NCc4ccccc4)CC3)cc2)cc1C. The van der Waals surface area contributed by atoms with Crippen molar-refractivity contribution in [1.29, 1.82) is 0 Å². The van der Waals surface area contributed by atoms with Crippen LogP contribution in [0.5, 0.6) is 0 Å². The number of amides is 1. The Balaban J connectivity index is 1.47. The second-order valence-corrected chi connectivity index (χ2v) is 10.3. The maximum atomic E-state index is 12.9. The molecule has 1 amide bonds. The van der Waals surface area contributed by atoms with Gasteiger partial charge in [0.2, 0.25) is 5.91 Å². The maximum absolute atomic E-state index is 12.9. The van der Waals surface area contributed by atoms with Gasteiger partial charge in [-0.15, -0.1) is 0 Å². The van der Waals surface area contributed by atoms with E-state index in [1.807, 2.05) is 62.4 Å². The Morgan fingerprint density at radius 1 is 0.875 bits per heavy atom. The van der Waals surface area contributed by atoms with Gasteiger partial charge in [-0.1, -0.05) is 48.5 Å². The van der Waals surface area contributed by atoms with Crippen molar-refractivity contribution in [3.63, 3.8) is 0 Å². The van der Waals surface area contributed by atoms with Gasteiger partial charge < -0.3 is 5.32 Å². The number of carbonyl (C=O) groups is 1. The average Bonchev–Trinajstić information content (AvgIpc) is 3.57. The first-order valence-corrected chi connectivity index (χ1v) is 12.2. The zero-order valence-corrected chi connectivity index (χ0v) is 19.4. The zero-order valence-electron chi connectivity index (χ0n) is 18.6. The highest BCUT2D eigenvalue weighted by molar-refractivity contribution is 7.92. The third-order valence-corrected chi connectivity index (χ3v) is 7.77. The summed E-state index contributed by atoms with van der Waals surface area (Å²) in [7, 11) is -3.70. The fraction of sp³-hybridized carbons (Fsp3) is 0.269. The van der Waals surface area contributed by atoms with E-state index in [-0.39, 0.29) is 10.8 Å². The first kappa shape index (κ1) is 22.1. The molecule has 0 radical (unpaired) electrons. The molecular formula is C26H28N2O3S. The summed E-state index contributed by atoms with van der Waals surface area (Å²) in [4.78, 5) is 13.2. The van der Waals surface area contributed by atoms with Crippen LogP contribution in [0.15, 0.2) is 71.6 Å². The van der Waals surface area contributed by atoms with Crippen LogP contribution in [-0.4, -0.2) is 14.3 Å². The topological polar surface area (TPSA) is 75.3 Å². The molecule has 0 bridgehead atoms. The molecule has 0 unspecified atom stereocenters. The largest absolute Gasteiger partial charge is 0.351 e. The summed E-state index contributed by atoms with van der Waals surface area (Å²) in [5.41, 5.74) is 4.64. The molecule has 3 aromatic rings. The lowest BCUT2D eigenvalue weighted by Gasteiger charge is -2.17. The summed E-state index contributed by atoms with van der Waals surface area (Å²) >= 11 is 0. The molecule has 5 nitrogen and oxygen atoms in total. The van der Waals surface area contributed by atoms with Gasteiger partial charge in [0.05, 0.1) is 10.3 Å². The summed E-state index contributed by atoms with van der Waals surface area (Å²) in [6.07, 6.45) is 1.58. The Bertz CT molecular complexity index is 1250. The van der Waals surface area contributed by atoms with Crippen LogP contribution in [0.4, 0.5) is 5.69 Å². The Kier molecular flexibility index (Phi) is 5.82. The van der Waals surface area contributed by atoms with Crippen molar-refractivity contribution in [2.45, 2.75) is 50.5 Å². The molecule has 0 aliphatic heterocycles. The van der Waals surface area contributed by atoms with Crippen molar-refractivity contribution < 1.29 is 13.2 Å². The highest BCUT2D eigenvalue weighted by atomic mass is 32.2. The number of benzene rings is 3. The fourth-order valence-corrected chi connectivity index (χ4v) is 5.38. The van der Waals surface area contributed by atoms with E-state index < -0.39 is 15.4 Å². The molecule has 6 heteroatoms. The van der Waals surface area contributed by atoms with E-state index in [2.05, 4.69) is 10.0 Å². The monoisotopic (exact) mass is 448 g/mol. The Morgan fingerprint density at radius 3 is 2.12 bits per heavy atom. The van der Waals surface area contributed by atoms with Crippen LogP contribution in [0.2, 0.25) is 0 Å². The molecule has 4 rings (SSSR count). The summed E-state index contributed by atoms with van der Waals surface area (Å²) in [6, 6.07) is 20.6. The molecule has 1 aliphatic rings. The molecule has 2 N–H and O–H groups in total. The molecule has 1 aliphatic carbocycles. The van der Waals surface area contributed by atoms with Gasteiger partial charge >= 0.3 is 0 Å². The van der Waals surface area contributed by atoms with Crippen molar-refractivity contribution in [2.75, 3.05) is 4.72 Å². The van der Waals surface area contributed by atoms with Gasteiger partial charge in [0.15, 0.2) is 0 Å².